The monoisotopic (exact) mass is 381 g/mol. The Bertz CT molecular complexity index is 812. The number of carbonyl (C=O) groups excluding carboxylic acids is 2. The molecule has 2 rings (SSSR count). The summed E-state index contributed by atoms with van der Waals surface area (Å²) in [6.45, 7) is 1.75. The number of hydrogen-bond donors (Lipinski definition) is 1. The lowest BCUT2D eigenvalue weighted by atomic mass is 10.2. The molecule has 0 fully saturated rings. The molecule has 0 saturated heterocycles. The molecule has 0 aliphatic carbocycles. The van der Waals surface area contributed by atoms with Crippen LogP contribution >= 0.6 is 11.6 Å². The summed E-state index contributed by atoms with van der Waals surface area (Å²) in [7, 11) is 1.45. The first-order chi connectivity index (χ1) is 12.4. The lowest BCUT2D eigenvalue weighted by Crippen LogP contribution is -2.21. The van der Waals surface area contributed by atoms with Gasteiger partial charge in [0.05, 0.1) is 30.0 Å². The van der Waals surface area contributed by atoms with Crippen LogP contribution in [0.2, 0.25) is 5.02 Å². The van der Waals surface area contributed by atoms with Crippen molar-refractivity contribution in [2.24, 2.45) is 0 Å². The molecule has 138 valence electrons. The summed E-state index contributed by atoms with van der Waals surface area (Å²) in [5.74, 6) is -0.959. The predicted octanol–water partition coefficient (Wildman–Crippen LogP) is 3.68. The van der Waals surface area contributed by atoms with Gasteiger partial charge in [-0.1, -0.05) is 11.6 Å². The van der Waals surface area contributed by atoms with Gasteiger partial charge in [-0.15, -0.1) is 0 Å². The van der Waals surface area contributed by atoms with Crippen LogP contribution in [0.5, 0.6) is 11.5 Å². The number of methoxy groups -OCH3 is 1. The zero-order valence-electron chi connectivity index (χ0n) is 14.2. The van der Waals surface area contributed by atoms with Gasteiger partial charge in [-0.05, 0) is 43.3 Å². The van der Waals surface area contributed by atoms with Gasteiger partial charge >= 0.3 is 5.97 Å². The fourth-order valence-electron chi connectivity index (χ4n) is 2.06. The van der Waals surface area contributed by atoms with Gasteiger partial charge in [0, 0.05) is 0 Å². The number of benzene rings is 2. The Morgan fingerprint density at radius 3 is 2.58 bits per heavy atom. The fourth-order valence-corrected chi connectivity index (χ4v) is 2.28. The molecule has 0 bridgehead atoms. The first-order valence-electron chi connectivity index (χ1n) is 7.67. The molecule has 1 amide bonds. The maximum Gasteiger partial charge on any atom is 0.338 e. The largest absolute Gasteiger partial charge is 0.493 e. The average molecular weight is 382 g/mol. The van der Waals surface area contributed by atoms with Crippen LogP contribution in [-0.4, -0.2) is 32.2 Å². The second kappa shape index (κ2) is 9.05. The lowest BCUT2D eigenvalue weighted by molar-refractivity contribution is -0.119. The Kier molecular flexibility index (Phi) is 6.80. The van der Waals surface area contributed by atoms with Gasteiger partial charge in [0.25, 0.3) is 5.91 Å². The lowest BCUT2D eigenvalue weighted by Gasteiger charge is -2.11. The van der Waals surface area contributed by atoms with E-state index in [0.717, 1.165) is 12.1 Å². The maximum atomic E-state index is 13.0. The third-order valence-corrected chi connectivity index (χ3v) is 3.55. The number of hydrogen-bond acceptors (Lipinski definition) is 5. The molecule has 0 aliphatic heterocycles. The number of amides is 1. The van der Waals surface area contributed by atoms with E-state index >= 15 is 0 Å². The van der Waals surface area contributed by atoms with Crippen LogP contribution in [0.25, 0.3) is 0 Å². The molecule has 2 aromatic carbocycles. The minimum atomic E-state index is -0.702. The number of carbonyl (C=O) groups is 2. The van der Waals surface area contributed by atoms with Crippen LogP contribution in [0.4, 0.5) is 10.1 Å². The van der Waals surface area contributed by atoms with Crippen LogP contribution in [0.15, 0.2) is 36.4 Å². The molecule has 1 N–H and O–H groups in total. The topological polar surface area (TPSA) is 73.9 Å². The van der Waals surface area contributed by atoms with E-state index in [-0.39, 0.29) is 16.3 Å². The highest BCUT2D eigenvalue weighted by Gasteiger charge is 2.14. The third-order valence-electron chi connectivity index (χ3n) is 3.24. The molecule has 0 radical (unpaired) electrons. The smallest absolute Gasteiger partial charge is 0.338 e. The van der Waals surface area contributed by atoms with Crippen molar-refractivity contribution < 1.29 is 28.2 Å². The van der Waals surface area contributed by atoms with E-state index in [1.807, 2.05) is 6.92 Å². The number of halogens is 2. The van der Waals surface area contributed by atoms with E-state index in [4.69, 9.17) is 25.8 Å². The Balaban J connectivity index is 1.96. The van der Waals surface area contributed by atoms with Crippen molar-refractivity contribution in [1.82, 2.24) is 0 Å². The minimum absolute atomic E-state index is 0.0425. The van der Waals surface area contributed by atoms with E-state index in [9.17, 15) is 14.0 Å². The van der Waals surface area contributed by atoms with Gasteiger partial charge < -0.3 is 19.5 Å². The van der Waals surface area contributed by atoms with Crippen molar-refractivity contribution in [3.8, 4) is 11.5 Å². The summed E-state index contributed by atoms with van der Waals surface area (Å²) in [4.78, 5) is 23.9. The molecule has 0 aliphatic rings. The van der Waals surface area contributed by atoms with E-state index < -0.39 is 24.3 Å². The molecular weight excluding hydrogens is 365 g/mol. The highest BCUT2D eigenvalue weighted by molar-refractivity contribution is 6.33. The predicted molar refractivity (Wildman–Crippen MR) is 94.5 cm³/mol. The Morgan fingerprint density at radius 2 is 1.92 bits per heavy atom. The quantitative estimate of drug-likeness (QED) is 0.740. The van der Waals surface area contributed by atoms with Gasteiger partial charge in [-0.25, -0.2) is 9.18 Å². The zero-order valence-corrected chi connectivity index (χ0v) is 14.9. The molecule has 0 unspecified atom stereocenters. The molecular formula is C18H17ClFNO5. The highest BCUT2D eigenvalue weighted by atomic mass is 35.5. The zero-order chi connectivity index (χ0) is 19.1. The average Bonchev–Trinajstić information content (AvgIpc) is 2.62. The first-order valence-corrected chi connectivity index (χ1v) is 8.05. The molecule has 0 spiro atoms. The Labute approximate surface area is 154 Å². The summed E-state index contributed by atoms with van der Waals surface area (Å²) in [6.07, 6.45) is 0. The first kappa shape index (κ1) is 19.5. The highest BCUT2D eigenvalue weighted by Crippen LogP contribution is 2.28. The maximum absolute atomic E-state index is 13.0. The van der Waals surface area contributed by atoms with E-state index in [1.165, 1.54) is 25.3 Å². The van der Waals surface area contributed by atoms with Crippen molar-refractivity contribution in [2.45, 2.75) is 6.92 Å². The van der Waals surface area contributed by atoms with Gasteiger partial charge in [0.15, 0.2) is 18.1 Å². The van der Waals surface area contributed by atoms with Crippen LogP contribution in [0.1, 0.15) is 17.3 Å². The standard InChI is InChI=1S/C18H17ClFNO5/c1-3-25-15-7-4-11(8-16(15)24-2)18(23)26-10-17(22)21-14-6-5-12(20)9-13(14)19/h4-9H,3,10H2,1-2H3,(H,21,22). The van der Waals surface area contributed by atoms with Crippen molar-refractivity contribution in [1.29, 1.82) is 0 Å². The summed E-state index contributed by atoms with van der Waals surface area (Å²) < 4.78 is 28.5. The Morgan fingerprint density at radius 1 is 1.15 bits per heavy atom. The summed E-state index contributed by atoms with van der Waals surface area (Å²) in [5, 5.41) is 2.48. The third kappa shape index (κ3) is 5.10. The van der Waals surface area contributed by atoms with Crippen LogP contribution in [-0.2, 0) is 9.53 Å². The second-order valence-electron chi connectivity index (χ2n) is 5.05. The molecule has 2 aromatic rings. The van der Waals surface area contributed by atoms with Crippen molar-refractivity contribution in [2.75, 3.05) is 25.6 Å². The summed E-state index contributed by atoms with van der Waals surface area (Å²) >= 11 is 5.82. The van der Waals surface area contributed by atoms with Crippen molar-refractivity contribution in [3.05, 3.63) is 52.8 Å². The molecule has 8 heteroatoms. The van der Waals surface area contributed by atoms with Crippen molar-refractivity contribution in [3.63, 3.8) is 0 Å². The number of anilines is 1. The van der Waals surface area contributed by atoms with E-state index in [0.29, 0.717) is 18.1 Å². The van der Waals surface area contributed by atoms with E-state index in [1.54, 1.807) is 6.07 Å². The number of rotatable bonds is 7. The minimum Gasteiger partial charge on any atom is -0.493 e. The number of ether oxygens (including phenoxy) is 3. The second-order valence-corrected chi connectivity index (χ2v) is 5.45. The number of esters is 1. The molecule has 0 saturated carbocycles. The summed E-state index contributed by atoms with van der Waals surface area (Å²) in [5.41, 5.74) is 0.426. The van der Waals surface area contributed by atoms with E-state index in [2.05, 4.69) is 5.32 Å². The summed E-state index contributed by atoms with van der Waals surface area (Å²) in [6, 6.07) is 8.08. The molecule has 0 aromatic heterocycles. The van der Waals surface area contributed by atoms with Crippen LogP contribution in [0.3, 0.4) is 0 Å². The molecule has 0 atom stereocenters. The van der Waals surface area contributed by atoms with Gasteiger partial charge in [-0.3, -0.25) is 4.79 Å². The fraction of sp³-hybridized carbons (Fsp3) is 0.222. The van der Waals surface area contributed by atoms with Crippen LogP contribution < -0.4 is 14.8 Å². The van der Waals surface area contributed by atoms with Gasteiger partial charge in [-0.2, -0.15) is 0 Å². The van der Waals surface area contributed by atoms with Gasteiger partial charge in [0.2, 0.25) is 0 Å². The SMILES string of the molecule is CCOc1ccc(C(=O)OCC(=O)Nc2ccc(F)cc2Cl)cc1OC. The van der Waals surface area contributed by atoms with Crippen LogP contribution in [0, 0.1) is 5.82 Å². The molecule has 6 nitrogen and oxygen atoms in total. The van der Waals surface area contributed by atoms with Crippen molar-refractivity contribution >= 4 is 29.2 Å². The normalized spacial score (nSPS) is 10.2. The van der Waals surface area contributed by atoms with Gasteiger partial charge in [0.1, 0.15) is 5.82 Å². The molecule has 26 heavy (non-hydrogen) atoms. The molecule has 0 heterocycles. The number of nitrogens with one attached hydrogen (secondary N) is 1. The Hall–Kier alpha value is -2.80.